The van der Waals surface area contributed by atoms with Gasteiger partial charge in [0, 0.05) is 12.5 Å². The van der Waals surface area contributed by atoms with Crippen LogP contribution in [0.15, 0.2) is 30.3 Å². The summed E-state index contributed by atoms with van der Waals surface area (Å²) in [5.41, 5.74) is 6.42. The Kier molecular flexibility index (Phi) is 4.08. The Labute approximate surface area is 85.1 Å². The van der Waals surface area contributed by atoms with Gasteiger partial charge in [0.2, 0.25) is 0 Å². The summed E-state index contributed by atoms with van der Waals surface area (Å²) in [7, 11) is 0. The van der Waals surface area contributed by atoms with E-state index in [1.165, 1.54) is 0 Å². The molecule has 0 bridgehead atoms. The molecule has 1 aromatic carbocycles. The highest BCUT2D eigenvalue weighted by Gasteiger charge is 2.24. The van der Waals surface area contributed by atoms with E-state index in [9.17, 15) is 4.39 Å². The molecule has 1 nitrogen and oxygen atoms in total. The minimum atomic E-state index is -0.947. The van der Waals surface area contributed by atoms with Gasteiger partial charge in [0.05, 0.1) is 0 Å². The Hall–Kier alpha value is -0.890. The monoisotopic (exact) mass is 195 g/mol. The molecular formula is C12H18FN. The summed E-state index contributed by atoms with van der Waals surface area (Å²) in [6, 6.07) is 9.75. The molecule has 0 aliphatic rings. The van der Waals surface area contributed by atoms with Gasteiger partial charge in [-0.05, 0) is 11.5 Å². The summed E-state index contributed by atoms with van der Waals surface area (Å²) in [6.07, 6.45) is -0.947. The fourth-order valence-corrected chi connectivity index (χ4v) is 1.83. The quantitative estimate of drug-likeness (QED) is 0.785. The van der Waals surface area contributed by atoms with Crippen LogP contribution < -0.4 is 5.73 Å². The third-order valence-electron chi connectivity index (χ3n) is 2.52. The molecule has 2 atom stereocenters. The maximum absolute atomic E-state index is 13.6. The second kappa shape index (κ2) is 5.11. The van der Waals surface area contributed by atoms with Crippen LogP contribution in [0.3, 0.4) is 0 Å². The molecule has 0 radical (unpaired) electrons. The topological polar surface area (TPSA) is 26.0 Å². The van der Waals surface area contributed by atoms with Crippen molar-refractivity contribution in [1.82, 2.24) is 0 Å². The van der Waals surface area contributed by atoms with E-state index < -0.39 is 6.17 Å². The zero-order valence-corrected chi connectivity index (χ0v) is 8.78. The smallest absolute Gasteiger partial charge is 0.119 e. The van der Waals surface area contributed by atoms with Gasteiger partial charge in [-0.1, -0.05) is 44.2 Å². The van der Waals surface area contributed by atoms with Crippen LogP contribution in [0, 0.1) is 5.92 Å². The predicted octanol–water partition coefficient (Wildman–Crippen LogP) is 2.72. The van der Waals surface area contributed by atoms with Crippen molar-refractivity contribution in [2.24, 2.45) is 11.7 Å². The third-order valence-corrected chi connectivity index (χ3v) is 2.52. The molecule has 2 unspecified atom stereocenters. The highest BCUT2D eigenvalue weighted by Crippen LogP contribution is 2.29. The van der Waals surface area contributed by atoms with Crippen molar-refractivity contribution in [3.05, 3.63) is 35.9 Å². The molecule has 0 amide bonds. The van der Waals surface area contributed by atoms with Gasteiger partial charge in [-0.2, -0.15) is 0 Å². The lowest BCUT2D eigenvalue weighted by Gasteiger charge is -2.24. The number of nitrogens with two attached hydrogens (primary N) is 1. The lowest BCUT2D eigenvalue weighted by atomic mass is 9.84. The van der Waals surface area contributed by atoms with E-state index in [-0.39, 0.29) is 18.4 Å². The van der Waals surface area contributed by atoms with Crippen molar-refractivity contribution in [1.29, 1.82) is 0 Å². The molecule has 0 aromatic heterocycles. The van der Waals surface area contributed by atoms with Crippen molar-refractivity contribution in [3.63, 3.8) is 0 Å². The number of rotatable bonds is 4. The fourth-order valence-electron chi connectivity index (χ4n) is 1.83. The molecule has 2 N–H and O–H groups in total. The minimum Gasteiger partial charge on any atom is -0.328 e. The van der Waals surface area contributed by atoms with Gasteiger partial charge in [-0.3, -0.25) is 0 Å². The van der Waals surface area contributed by atoms with Crippen LogP contribution in [0.5, 0.6) is 0 Å². The first kappa shape index (κ1) is 11.2. The molecule has 0 spiro atoms. The normalized spacial score (nSPS) is 15.5. The highest BCUT2D eigenvalue weighted by molar-refractivity contribution is 5.21. The van der Waals surface area contributed by atoms with Crippen LogP contribution in [0.1, 0.15) is 25.3 Å². The summed E-state index contributed by atoms with van der Waals surface area (Å²) >= 11 is 0. The number of benzene rings is 1. The average molecular weight is 195 g/mol. The van der Waals surface area contributed by atoms with E-state index in [2.05, 4.69) is 0 Å². The Bertz CT molecular complexity index is 258. The molecule has 0 fully saturated rings. The van der Waals surface area contributed by atoms with Gasteiger partial charge in [0.25, 0.3) is 0 Å². The third kappa shape index (κ3) is 2.55. The van der Waals surface area contributed by atoms with Gasteiger partial charge in [0.1, 0.15) is 6.17 Å². The molecule has 1 rings (SSSR count). The van der Waals surface area contributed by atoms with Crippen LogP contribution in [0.4, 0.5) is 4.39 Å². The molecule has 2 heteroatoms. The summed E-state index contributed by atoms with van der Waals surface area (Å²) in [4.78, 5) is 0. The molecule has 0 aliphatic carbocycles. The summed E-state index contributed by atoms with van der Waals surface area (Å²) < 4.78 is 13.6. The molecular weight excluding hydrogens is 177 g/mol. The van der Waals surface area contributed by atoms with Crippen molar-refractivity contribution >= 4 is 0 Å². The zero-order chi connectivity index (χ0) is 10.6. The predicted molar refractivity (Wildman–Crippen MR) is 58.0 cm³/mol. The molecule has 0 saturated carbocycles. The zero-order valence-electron chi connectivity index (χ0n) is 8.78. The van der Waals surface area contributed by atoms with E-state index in [4.69, 9.17) is 5.73 Å². The summed E-state index contributed by atoms with van der Waals surface area (Å²) in [5, 5.41) is 0. The Morgan fingerprint density at radius 3 is 2.21 bits per heavy atom. The Morgan fingerprint density at radius 1 is 1.21 bits per heavy atom. The first-order valence-electron chi connectivity index (χ1n) is 5.06. The Morgan fingerprint density at radius 2 is 1.79 bits per heavy atom. The fraction of sp³-hybridized carbons (Fsp3) is 0.500. The van der Waals surface area contributed by atoms with Crippen LogP contribution in [-0.4, -0.2) is 12.7 Å². The first-order chi connectivity index (χ1) is 6.66. The van der Waals surface area contributed by atoms with E-state index >= 15 is 0 Å². The van der Waals surface area contributed by atoms with Gasteiger partial charge < -0.3 is 5.73 Å². The molecule has 14 heavy (non-hydrogen) atoms. The maximum Gasteiger partial charge on any atom is 0.119 e. The molecule has 0 saturated heterocycles. The largest absolute Gasteiger partial charge is 0.328 e. The van der Waals surface area contributed by atoms with Gasteiger partial charge in [-0.25, -0.2) is 4.39 Å². The first-order valence-corrected chi connectivity index (χ1v) is 5.06. The van der Waals surface area contributed by atoms with Crippen LogP contribution in [0.2, 0.25) is 0 Å². The second-order valence-electron chi connectivity index (χ2n) is 3.93. The van der Waals surface area contributed by atoms with Crippen LogP contribution >= 0.6 is 0 Å². The van der Waals surface area contributed by atoms with E-state index in [1.54, 1.807) is 0 Å². The van der Waals surface area contributed by atoms with Crippen molar-refractivity contribution in [3.8, 4) is 0 Å². The molecule has 0 aliphatic heterocycles. The standard InChI is InChI=1S/C12H18FN/c1-9(2)12(11(13)8-14)10-6-4-3-5-7-10/h3-7,9,11-12H,8,14H2,1-2H3. The summed E-state index contributed by atoms with van der Waals surface area (Å²) in [5.74, 6) is 0.192. The molecule has 78 valence electrons. The van der Waals surface area contributed by atoms with E-state index in [0.29, 0.717) is 0 Å². The lowest BCUT2D eigenvalue weighted by molar-refractivity contribution is 0.247. The minimum absolute atomic E-state index is 0.0822. The van der Waals surface area contributed by atoms with E-state index in [0.717, 1.165) is 5.56 Å². The SMILES string of the molecule is CC(C)C(c1ccccc1)C(F)CN. The maximum atomic E-state index is 13.6. The molecule has 0 heterocycles. The number of hydrogen-bond donors (Lipinski definition) is 1. The van der Waals surface area contributed by atoms with Crippen LogP contribution in [-0.2, 0) is 0 Å². The van der Waals surface area contributed by atoms with Gasteiger partial charge in [0.15, 0.2) is 0 Å². The van der Waals surface area contributed by atoms with E-state index in [1.807, 2.05) is 44.2 Å². The van der Waals surface area contributed by atoms with Gasteiger partial charge >= 0.3 is 0 Å². The highest BCUT2D eigenvalue weighted by atomic mass is 19.1. The summed E-state index contributed by atoms with van der Waals surface area (Å²) in [6.45, 7) is 4.15. The number of hydrogen-bond acceptors (Lipinski definition) is 1. The van der Waals surface area contributed by atoms with Crippen LogP contribution in [0.25, 0.3) is 0 Å². The Balaban J connectivity index is 2.89. The van der Waals surface area contributed by atoms with Crippen molar-refractivity contribution in [2.45, 2.75) is 25.9 Å². The van der Waals surface area contributed by atoms with Gasteiger partial charge in [-0.15, -0.1) is 0 Å². The number of halogens is 1. The average Bonchev–Trinajstić information content (AvgIpc) is 2.19. The van der Waals surface area contributed by atoms with Crippen molar-refractivity contribution < 1.29 is 4.39 Å². The number of alkyl halides is 1. The van der Waals surface area contributed by atoms with Crippen molar-refractivity contribution in [2.75, 3.05) is 6.54 Å². The molecule has 1 aromatic rings. The lowest BCUT2D eigenvalue weighted by Crippen LogP contribution is -2.26. The second-order valence-corrected chi connectivity index (χ2v) is 3.93.